The zero-order valence-electron chi connectivity index (χ0n) is 20.0. The Morgan fingerprint density at radius 3 is 2.81 bits per heavy atom. The van der Waals surface area contributed by atoms with E-state index >= 15 is 0 Å². The number of benzene rings is 1. The second kappa shape index (κ2) is 7.51. The highest BCUT2D eigenvalue weighted by Crippen LogP contribution is 2.20. The molecule has 0 bridgehead atoms. The first-order valence-corrected chi connectivity index (χ1v) is 8.64. The molecule has 0 spiro atoms. The summed E-state index contributed by atoms with van der Waals surface area (Å²) in [6.07, 6.45) is 1.23. The molecule has 0 radical (unpaired) electrons. The number of hydrogen-bond acceptors (Lipinski definition) is 4. The summed E-state index contributed by atoms with van der Waals surface area (Å²) in [4.78, 5) is 14.6. The average Bonchev–Trinajstić information content (AvgIpc) is 3.00. The van der Waals surface area contributed by atoms with Crippen molar-refractivity contribution in [3.63, 3.8) is 0 Å². The number of aryl methyl sites for hydroxylation is 1. The fourth-order valence-corrected chi connectivity index (χ4v) is 2.96. The predicted octanol–water partition coefficient (Wildman–Crippen LogP) is 2.36. The molecule has 3 aromatic rings. The van der Waals surface area contributed by atoms with Gasteiger partial charge in [-0.2, -0.15) is 0 Å². The van der Waals surface area contributed by atoms with Gasteiger partial charge in [-0.3, -0.25) is 9.30 Å². The minimum Gasteiger partial charge on any atom is -0.369 e. The lowest BCUT2D eigenvalue weighted by molar-refractivity contribution is 0.248. The van der Waals surface area contributed by atoms with Gasteiger partial charge in [-0.25, -0.2) is 9.48 Å². The molecule has 0 atom stereocenters. The molecule has 1 fully saturated rings. The molecule has 4 rings (SSSR count). The van der Waals surface area contributed by atoms with Crippen LogP contribution in [-0.4, -0.2) is 51.7 Å². The van der Waals surface area contributed by atoms with Crippen LogP contribution in [0.3, 0.4) is 0 Å². The molecule has 6 nitrogen and oxygen atoms in total. The summed E-state index contributed by atoms with van der Waals surface area (Å²) in [6.45, 7) is -7.69. The van der Waals surface area contributed by atoms with Crippen LogP contribution in [0.15, 0.2) is 53.5 Å². The Bertz CT molecular complexity index is 1180. The van der Waals surface area contributed by atoms with Gasteiger partial charge in [-0.05, 0) is 36.8 Å². The van der Waals surface area contributed by atoms with Gasteiger partial charge in [0, 0.05) is 64.3 Å². The summed E-state index contributed by atoms with van der Waals surface area (Å²) in [5.74, 6) is 0. The molecule has 7 heteroatoms. The molecular formula is C19H22ClN5O. The van der Waals surface area contributed by atoms with Crippen molar-refractivity contribution in [2.75, 3.05) is 37.5 Å². The average molecular weight is 378 g/mol. The Hall–Kier alpha value is -2.31. The van der Waals surface area contributed by atoms with Crippen LogP contribution in [-0.2, 0) is 6.54 Å². The maximum atomic E-state index is 12.5. The van der Waals surface area contributed by atoms with Crippen molar-refractivity contribution in [3.8, 4) is 0 Å². The van der Waals surface area contributed by atoms with E-state index in [0.29, 0.717) is 21.3 Å². The molecule has 0 N–H and O–H groups in total. The number of hydrogen-bond donors (Lipinski definition) is 0. The van der Waals surface area contributed by atoms with Crippen LogP contribution in [0.5, 0.6) is 0 Å². The number of piperazine rings is 1. The molecule has 0 unspecified atom stereocenters. The second-order valence-corrected chi connectivity index (χ2v) is 6.27. The summed E-state index contributed by atoms with van der Waals surface area (Å²) in [6, 6.07) is 11.8. The molecule has 26 heavy (non-hydrogen) atoms. The van der Waals surface area contributed by atoms with Crippen molar-refractivity contribution >= 4 is 22.9 Å². The van der Waals surface area contributed by atoms with Crippen LogP contribution in [0.4, 0.5) is 5.69 Å². The number of pyridine rings is 1. The number of halogens is 1. The Balaban J connectivity index is 1.58. The van der Waals surface area contributed by atoms with Crippen LogP contribution < -0.4 is 10.6 Å². The molecule has 0 aliphatic carbocycles. The van der Waals surface area contributed by atoms with Gasteiger partial charge in [0.15, 0.2) is 5.65 Å². The summed E-state index contributed by atoms with van der Waals surface area (Å²) >= 11 is 6.03. The van der Waals surface area contributed by atoms with Crippen molar-refractivity contribution in [1.82, 2.24) is 19.1 Å². The van der Waals surface area contributed by atoms with Crippen LogP contribution >= 0.6 is 11.6 Å². The molecule has 0 amide bonds. The normalized spacial score (nSPS) is 23.5. The smallest absolute Gasteiger partial charge is 0.350 e. The van der Waals surface area contributed by atoms with Crippen LogP contribution in [0.1, 0.15) is 14.6 Å². The lowest BCUT2D eigenvalue weighted by Gasteiger charge is -2.36. The monoisotopic (exact) mass is 377 g/mol. The highest BCUT2D eigenvalue weighted by atomic mass is 35.5. The third kappa shape index (κ3) is 3.61. The Kier molecular flexibility index (Phi) is 3.30. The van der Waals surface area contributed by atoms with Crippen molar-refractivity contribution in [2.45, 2.75) is 13.0 Å². The zero-order chi connectivity index (χ0) is 23.3. The fourth-order valence-electron chi connectivity index (χ4n) is 2.77. The van der Waals surface area contributed by atoms with Gasteiger partial charge < -0.3 is 4.90 Å². The second-order valence-electron chi connectivity index (χ2n) is 5.83. The van der Waals surface area contributed by atoms with E-state index < -0.39 is 25.2 Å². The molecule has 1 saturated heterocycles. The number of aromatic nitrogens is 3. The number of rotatable bonds is 5. The Morgan fingerprint density at radius 1 is 1.19 bits per heavy atom. The van der Waals surface area contributed by atoms with Gasteiger partial charge >= 0.3 is 5.69 Å². The minimum absolute atomic E-state index is 0.131. The highest BCUT2D eigenvalue weighted by molar-refractivity contribution is 6.30. The maximum absolute atomic E-state index is 12.5. The number of fused-ring (bicyclic) bond motifs is 1. The van der Waals surface area contributed by atoms with E-state index in [1.165, 1.54) is 9.30 Å². The standard InChI is InChI=1S/C19H22ClN5O/c20-16-5-3-6-17(15-16)23-13-11-22(12-14-23)8-4-10-25-19(26)24-9-2-1-7-18(24)21-25/h1-3,5-7,9,15H,4,8,10-14H2/i8D2,11D2,12D2. The predicted molar refractivity (Wildman–Crippen MR) is 104 cm³/mol. The van der Waals surface area contributed by atoms with Crippen molar-refractivity contribution in [2.24, 2.45) is 0 Å². The third-order valence-corrected chi connectivity index (χ3v) is 4.33. The van der Waals surface area contributed by atoms with Crippen molar-refractivity contribution < 1.29 is 8.22 Å². The zero-order valence-corrected chi connectivity index (χ0v) is 14.7. The molecule has 0 saturated carbocycles. The summed E-state index contributed by atoms with van der Waals surface area (Å²) in [5, 5.41) is 4.61. The van der Waals surface area contributed by atoms with E-state index in [2.05, 4.69) is 5.10 Å². The van der Waals surface area contributed by atoms with Gasteiger partial charge in [-0.15, -0.1) is 5.10 Å². The van der Waals surface area contributed by atoms with Crippen molar-refractivity contribution in [1.29, 1.82) is 0 Å². The SMILES string of the molecule is [2H]C([2H])(CCn1nc2ccccn2c1=O)N1C([2H])([2H])CN(c2cccc(Cl)c2)CC1([2H])[2H]. The van der Waals surface area contributed by atoms with Gasteiger partial charge in [-0.1, -0.05) is 23.7 Å². The highest BCUT2D eigenvalue weighted by Gasteiger charge is 2.17. The van der Waals surface area contributed by atoms with Gasteiger partial charge in [0.1, 0.15) is 0 Å². The van der Waals surface area contributed by atoms with E-state index in [-0.39, 0.29) is 26.1 Å². The molecular weight excluding hydrogens is 350 g/mol. The van der Waals surface area contributed by atoms with Crippen LogP contribution in [0, 0.1) is 0 Å². The van der Waals surface area contributed by atoms with Gasteiger partial charge in [0.05, 0.1) is 0 Å². The Morgan fingerprint density at radius 2 is 2.04 bits per heavy atom. The summed E-state index contributed by atoms with van der Waals surface area (Å²) in [5.41, 5.74) is 0.536. The van der Waals surface area contributed by atoms with E-state index in [0.717, 1.165) is 4.68 Å². The molecule has 1 aromatic carbocycles. The molecule has 2 aromatic heterocycles. The molecule has 136 valence electrons. The van der Waals surface area contributed by atoms with Crippen molar-refractivity contribution in [3.05, 3.63) is 64.2 Å². The van der Waals surface area contributed by atoms with E-state index in [1.807, 2.05) is 0 Å². The van der Waals surface area contributed by atoms with Gasteiger partial charge in [0.25, 0.3) is 0 Å². The topological polar surface area (TPSA) is 45.8 Å². The third-order valence-electron chi connectivity index (χ3n) is 4.09. The minimum atomic E-state index is -2.39. The molecule has 1 aliphatic heterocycles. The quantitative estimate of drug-likeness (QED) is 0.684. The molecule has 1 aliphatic rings. The van der Waals surface area contributed by atoms with Crippen LogP contribution in [0.2, 0.25) is 5.02 Å². The molecule has 3 heterocycles. The summed E-state index contributed by atoms with van der Waals surface area (Å²) < 4.78 is 53.4. The Labute approximate surface area is 165 Å². The first-order valence-electron chi connectivity index (χ1n) is 11.3. The van der Waals surface area contributed by atoms with E-state index in [9.17, 15) is 4.79 Å². The van der Waals surface area contributed by atoms with E-state index in [1.54, 1.807) is 48.7 Å². The first kappa shape index (κ1) is 11.4. The lowest BCUT2D eigenvalue weighted by atomic mass is 10.2. The first-order chi connectivity index (χ1) is 14.9. The lowest BCUT2D eigenvalue weighted by Crippen LogP contribution is -2.46. The van der Waals surface area contributed by atoms with E-state index in [4.69, 9.17) is 19.8 Å². The number of nitrogens with zero attached hydrogens (tertiary/aromatic N) is 5. The maximum Gasteiger partial charge on any atom is 0.350 e. The van der Waals surface area contributed by atoms with Gasteiger partial charge in [0.2, 0.25) is 0 Å². The largest absolute Gasteiger partial charge is 0.369 e. The van der Waals surface area contributed by atoms with Crippen LogP contribution in [0.25, 0.3) is 5.65 Å². The fraction of sp³-hybridized carbons (Fsp3) is 0.368. The summed E-state index contributed by atoms with van der Waals surface area (Å²) in [7, 11) is 0. The number of anilines is 1.